The van der Waals surface area contributed by atoms with Gasteiger partial charge in [-0.15, -0.1) is 11.8 Å². The Labute approximate surface area is 155 Å². The number of thioether (sulfide) groups is 1. The predicted octanol–water partition coefficient (Wildman–Crippen LogP) is 5.31. The summed E-state index contributed by atoms with van der Waals surface area (Å²) in [5.74, 6) is 0.110. The molecule has 1 aliphatic carbocycles. The monoisotopic (exact) mass is 353 g/mol. The maximum Gasteiger partial charge on any atom is 0.233 e. The van der Waals surface area contributed by atoms with Crippen molar-refractivity contribution in [2.75, 3.05) is 0 Å². The van der Waals surface area contributed by atoms with Crippen LogP contribution < -0.4 is 5.32 Å². The first-order valence-corrected chi connectivity index (χ1v) is 10.2. The zero-order chi connectivity index (χ0) is 17.6. The number of carbonyl (C=O) groups excluding carboxylic acids is 1. The Morgan fingerprint density at radius 2 is 1.80 bits per heavy atom. The Morgan fingerprint density at radius 1 is 1.08 bits per heavy atom. The quantitative estimate of drug-likeness (QED) is 0.713. The minimum atomic E-state index is -0.103. The number of nitrogens with one attached hydrogen (secondary N) is 1. The van der Waals surface area contributed by atoms with Gasteiger partial charge in [0.2, 0.25) is 5.91 Å². The molecule has 0 unspecified atom stereocenters. The third-order valence-electron chi connectivity index (χ3n) is 4.92. The molecule has 0 bridgehead atoms. The first-order valence-electron chi connectivity index (χ1n) is 9.31. The normalized spacial score (nSPS) is 15.9. The third-order valence-corrected chi connectivity index (χ3v) is 6.04. The first-order chi connectivity index (χ1) is 12.2. The molecule has 132 valence electrons. The fraction of sp³-hybridized carbons (Fsp3) is 0.409. The zero-order valence-corrected chi connectivity index (χ0v) is 15.9. The van der Waals surface area contributed by atoms with Crippen LogP contribution in [-0.4, -0.2) is 11.2 Å². The maximum atomic E-state index is 12.6. The number of aryl methyl sites for hydroxylation is 2. The highest BCUT2D eigenvalue weighted by atomic mass is 32.2. The molecule has 3 heteroatoms. The zero-order valence-electron chi connectivity index (χ0n) is 15.1. The van der Waals surface area contributed by atoms with Gasteiger partial charge >= 0.3 is 0 Å². The molecule has 25 heavy (non-hydrogen) atoms. The van der Waals surface area contributed by atoms with Crippen molar-refractivity contribution in [2.45, 2.75) is 62.1 Å². The lowest BCUT2D eigenvalue weighted by atomic mass is 9.89. The van der Waals surface area contributed by atoms with E-state index in [9.17, 15) is 4.79 Å². The van der Waals surface area contributed by atoms with Crippen LogP contribution in [0.4, 0.5) is 0 Å². The number of benzene rings is 2. The largest absolute Gasteiger partial charge is 0.348 e. The Morgan fingerprint density at radius 3 is 2.52 bits per heavy atom. The summed E-state index contributed by atoms with van der Waals surface area (Å²) in [7, 11) is 0. The number of carbonyl (C=O) groups is 1. The molecule has 0 aliphatic heterocycles. The number of amides is 1. The van der Waals surface area contributed by atoms with Crippen LogP contribution >= 0.6 is 11.8 Å². The van der Waals surface area contributed by atoms with E-state index in [-0.39, 0.29) is 17.2 Å². The fourth-order valence-electron chi connectivity index (χ4n) is 3.44. The molecule has 2 aromatic rings. The Balaban J connectivity index is 1.66. The van der Waals surface area contributed by atoms with Crippen LogP contribution in [0.3, 0.4) is 0 Å². The average Bonchev–Trinajstić information content (AvgIpc) is 2.66. The topological polar surface area (TPSA) is 29.1 Å². The van der Waals surface area contributed by atoms with Gasteiger partial charge in [0, 0.05) is 4.90 Å². The van der Waals surface area contributed by atoms with Gasteiger partial charge in [0.05, 0.1) is 11.3 Å². The van der Waals surface area contributed by atoms with E-state index in [2.05, 4.69) is 42.6 Å². The third kappa shape index (κ3) is 4.66. The summed E-state index contributed by atoms with van der Waals surface area (Å²) in [6.07, 6.45) is 5.86. The second kappa shape index (κ2) is 8.57. The lowest BCUT2D eigenvalue weighted by Gasteiger charge is -2.23. The number of fused-ring (bicyclic) bond motifs is 1. The molecule has 1 aliphatic rings. The van der Waals surface area contributed by atoms with Gasteiger partial charge in [-0.25, -0.2) is 0 Å². The summed E-state index contributed by atoms with van der Waals surface area (Å²) in [5, 5.41) is 3.15. The van der Waals surface area contributed by atoms with Gasteiger partial charge in [0.25, 0.3) is 0 Å². The van der Waals surface area contributed by atoms with E-state index < -0.39 is 0 Å². The SMILES string of the molecule is CC[C@@H](NC(=O)[C@H](C)Sc1ccccc1)c1ccc2c(c1)CCCC2. The van der Waals surface area contributed by atoms with Crippen LogP contribution in [0.1, 0.15) is 55.8 Å². The van der Waals surface area contributed by atoms with E-state index in [0.717, 1.165) is 11.3 Å². The van der Waals surface area contributed by atoms with Crippen molar-refractivity contribution in [1.29, 1.82) is 0 Å². The highest BCUT2D eigenvalue weighted by Gasteiger charge is 2.20. The summed E-state index contributed by atoms with van der Waals surface area (Å²) in [6, 6.07) is 17.0. The molecule has 0 spiro atoms. The van der Waals surface area contributed by atoms with Crippen molar-refractivity contribution in [2.24, 2.45) is 0 Å². The highest BCUT2D eigenvalue weighted by molar-refractivity contribution is 8.00. The van der Waals surface area contributed by atoms with Crippen LogP contribution in [0, 0.1) is 0 Å². The minimum Gasteiger partial charge on any atom is -0.348 e. The van der Waals surface area contributed by atoms with E-state index >= 15 is 0 Å². The molecule has 0 aromatic heterocycles. The molecule has 2 aromatic carbocycles. The summed E-state index contributed by atoms with van der Waals surface area (Å²) < 4.78 is 0. The van der Waals surface area contributed by atoms with Crippen LogP contribution in [0.25, 0.3) is 0 Å². The van der Waals surface area contributed by atoms with Gasteiger partial charge in [-0.2, -0.15) is 0 Å². The molecule has 2 nitrogen and oxygen atoms in total. The molecule has 0 saturated carbocycles. The van der Waals surface area contributed by atoms with Crippen LogP contribution in [-0.2, 0) is 17.6 Å². The number of hydrogen-bond acceptors (Lipinski definition) is 2. The summed E-state index contributed by atoms with van der Waals surface area (Å²) in [5.41, 5.74) is 4.21. The van der Waals surface area contributed by atoms with Crippen molar-refractivity contribution >= 4 is 17.7 Å². The molecular formula is C22H27NOS. The van der Waals surface area contributed by atoms with Gasteiger partial charge in [-0.05, 0) is 67.9 Å². The molecule has 0 heterocycles. The summed E-state index contributed by atoms with van der Waals surface area (Å²) in [4.78, 5) is 13.8. The molecule has 1 amide bonds. The first kappa shape index (κ1) is 18.1. The maximum absolute atomic E-state index is 12.6. The molecule has 1 N–H and O–H groups in total. The number of hydrogen-bond donors (Lipinski definition) is 1. The molecule has 0 saturated heterocycles. The van der Waals surface area contributed by atoms with Crippen LogP contribution in [0.2, 0.25) is 0 Å². The van der Waals surface area contributed by atoms with Gasteiger partial charge in [-0.1, -0.05) is 43.3 Å². The lowest BCUT2D eigenvalue weighted by Crippen LogP contribution is -2.34. The smallest absolute Gasteiger partial charge is 0.233 e. The van der Waals surface area contributed by atoms with E-state index in [4.69, 9.17) is 0 Å². The molecule has 2 atom stereocenters. The van der Waals surface area contributed by atoms with Crippen molar-refractivity contribution in [1.82, 2.24) is 5.32 Å². The summed E-state index contributed by atoms with van der Waals surface area (Å²) in [6.45, 7) is 4.12. The molecule has 0 fully saturated rings. The highest BCUT2D eigenvalue weighted by Crippen LogP contribution is 2.27. The molecule has 3 rings (SSSR count). The van der Waals surface area contributed by atoms with Crippen LogP contribution in [0.15, 0.2) is 53.4 Å². The van der Waals surface area contributed by atoms with E-state index in [1.807, 2.05) is 25.1 Å². The van der Waals surface area contributed by atoms with Crippen molar-refractivity contribution in [3.8, 4) is 0 Å². The second-order valence-corrected chi connectivity index (χ2v) is 8.19. The minimum absolute atomic E-state index is 0.0959. The van der Waals surface area contributed by atoms with Gasteiger partial charge in [0.15, 0.2) is 0 Å². The Kier molecular flexibility index (Phi) is 6.19. The molecular weight excluding hydrogens is 326 g/mol. The average molecular weight is 354 g/mol. The van der Waals surface area contributed by atoms with Crippen molar-refractivity contribution < 1.29 is 4.79 Å². The van der Waals surface area contributed by atoms with Crippen molar-refractivity contribution in [3.63, 3.8) is 0 Å². The fourth-order valence-corrected chi connectivity index (χ4v) is 4.33. The summed E-state index contributed by atoms with van der Waals surface area (Å²) >= 11 is 1.61. The second-order valence-electron chi connectivity index (χ2n) is 6.78. The molecule has 0 radical (unpaired) electrons. The van der Waals surface area contributed by atoms with Gasteiger partial charge in [-0.3, -0.25) is 4.79 Å². The van der Waals surface area contributed by atoms with Gasteiger partial charge in [0.1, 0.15) is 0 Å². The number of rotatable bonds is 6. The van der Waals surface area contributed by atoms with E-state index in [1.165, 1.54) is 42.4 Å². The van der Waals surface area contributed by atoms with Crippen LogP contribution in [0.5, 0.6) is 0 Å². The van der Waals surface area contributed by atoms with E-state index in [1.54, 1.807) is 11.8 Å². The van der Waals surface area contributed by atoms with Gasteiger partial charge < -0.3 is 5.32 Å². The lowest BCUT2D eigenvalue weighted by molar-refractivity contribution is -0.121. The standard InChI is InChI=1S/C22H27NOS/c1-3-21(19-14-13-17-9-7-8-10-18(17)15-19)23-22(24)16(2)25-20-11-5-4-6-12-20/h4-6,11-16,21H,3,7-10H2,1-2H3,(H,23,24)/t16-,21+/m0/s1. The van der Waals surface area contributed by atoms with E-state index in [0.29, 0.717) is 0 Å². The Hall–Kier alpha value is -1.74. The Bertz CT molecular complexity index is 713. The predicted molar refractivity (Wildman–Crippen MR) is 106 cm³/mol. The van der Waals surface area contributed by atoms with Crippen molar-refractivity contribution in [3.05, 3.63) is 65.2 Å².